The molecule has 0 heterocycles. The van der Waals surface area contributed by atoms with Crippen LogP contribution in [0.3, 0.4) is 0 Å². The minimum Gasteiger partial charge on any atom is -0.311 e. The molecule has 0 aliphatic rings. The molecule has 0 aromatic heterocycles. The van der Waals surface area contributed by atoms with Gasteiger partial charge in [0.25, 0.3) is 0 Å². The van der Waals surface area contributed by atoms with Gasteiger partial charge in [0.1, 0.15) is 0 Å². The molecule has 1 rings (SSSR count). The summed E-state index contributed by atoms with van der Waals surface area (Å²) in [4.78, 5) is 0. The van der Waals surface area contributed by atoms with Gasteiger partial charge < -0.3 is 5.32 Å². The van der Waals surface area contributed by atoms with Crippen molar-refractivity contribution in [3.05, 3.63) is 34.9 Å². The van der Waals surface area contributed by atoms with Crippen LogP contribution in [0.1, 0.15) is 32.8 Å². The maximum atomic E-state index is 6.10. The number of benzene rings is 1. The first kappa shape index (κ1) is 14.9. The Labute approximate surface area is 114 Å². The largest absolute Gasteiger partial charge is 0.311 e. The SMILES string of the molecule is CCC(C)(C)NCCSCc1ccccc1Cl. The van der Waals surface area contributed by atoms with Crippen molar-refractivity contribution in [2.75, 3.05) is 12.3 Å². The standard InChI is InChI=1S/C14H22ClNS/c1-4-14(2,3)16-9-10-17-11-12-7-5-6-8-13(12)15/h5-8,16H,4,9-11H2,1-3H3. The molecule has 0 aliphatic heterocycles. The molecular weight excluding hydrogens is 250 g/mol. The number of hydrogen-bond donors (Lipinski definition) is 1. The fraction of sp³-hybridized carbons (Fsp3) is 0.571. The van der Waals surface area contributed by atoms with E-state index < -0.39 is 0 Å². The Hall–Kier alpha value is -0.180. The van der Waals surface area contributed by atoms with Crippen molar-refractivity contribution >= 4 is 23.4 Å². The van der Waals surface area contributed by atoms with Crippen molar-refractivity contribution in [2.45, 2.75) is 38.5 Å². The monoisotopic (exact) mass is 271 g/mol. The molecule has 96 valence electrons. The van der Waals surface area contributed by atoms with Crippen LogP contribution in [0.25, 0.3) is 0 Å². The average molecular weight is 272 g/mol. The molecule has 1 aromatic carbocycles. The molecular formula is C14H22ClNS. The highest BCUT2D eigenvalue weighted by Gasteiger charge is 2.12. The van der Waals surface area contributed by atoms with Crippen LogP contribution in [-0.2, 0) is 5.75 Å². The Morgan fingerprint density at radius 1 is 1.29 bits per heavy atom. The zero-order valence-electron chi connectivity index (χ0n) is 10.9. The summed E-state index contributed by atoms with van der Waals surface area (Å²) in [7, 11) is 0. The highest BCUT2D eigenvalue weighted by Crippen LogP contribution is 2.20. The van der Waals surface area contributed by atoms with Gasteiger partial charge in [0.05, 0.1) is 0 Å². The van der Waals surface area contributed by atoms with Crippen LogP contribution in [0.5, 0.6) is 0 Å². The van der Waals surface area contributed by atoms with Crippen molar-refractivity contribution in [1.29, 1.82) is 0 Å². The topological polar surface area (TPSA) is 12.0 Å². The van der Waals surface area contributed by atoms with E-state index in [1.807, 2.05) is 30.0 Å². The van der Waals surface area contributed by atoms with Crippen LogP contribution in [0.4, 0.5) is 0 Å². The molecule has 0 bridgehead atoms. The van der Waals surface area contributed by atoms with E-state index in [1.54, 1.807) is 0 Å². The van der Waals surface area contributed by atoms with Crippen LogP contribution in [0, 0.1) is 0 Å². The van der Waals surface area contributed by atoms with E-state index >= 15 is 0 Å². The average Bonchev–Trinajstić information content (AvgIpc) is 2.31. The van der Waals surface area contributed by atoms with Crippen molar-refractivity contribution in [3.8, 4) is 0 Å². The third kappa shape index (κ3) is 5.80. The third-order valence-electron chi connectivity index (χ3n) is 2.95. The van der Waals surface area contributed by atoms with Crippen LogP contribution < -0.4 is 5.32 Å². The van der Waals surface area contributed by atoms with Gasteiger partial charge in [0.15, 0.2) is 0 Å². The molecule has 0 aliphatic carbocycles. The van der Waals surface area contributed by atoms with Gasteiger partial charge in [0.2, 0.25) is 0 Å². The van der Waals surface area contributed by atoms with Crippen LogP contribution in [0.2, 0.25) is 5.02 Å². The molecule has 1 nitrogen and oxygen atoms in total. The molecule has 17 heavy (non-hydrogen) atoms. The van der Waals surface area contributed by atoms with Crippen LogP contribution in [-0.4, -0.2) is 17.8 Å². The lowest BCUT2D eigenvalue weighted by molar-refractivity contribution is 0.388. The fourth-order valence-electron chi connectivity index (χ4n) is 1.38. The summed E-state index contributed by atoms with van der Waals surface area (Å²) in [6.45, 7) is 7.75. The van der Waals surface area contributed by atoms with Gasteiger partial charge in [-0.25, -0.2) is 0 Å². The summed E-state index contributed by atoms with van der Waals surface area (Å²) in [6, 6.07) is 8.07. The molecule has 3 heteroatoms. The van der Waals surface area contributed by atoms with Gasteiger partial charge in [-0.3, -0.25) is 0 Å². The fourth-order valence-corrected chi connectivity index (χ4v) is 2.53. The molecule has 0 unspecified atom stereocenters. The predicted molar refractivity (Wildman–Crippen MR) is 80.0 cm³/mol. The number of halogens is 1. The lowest BCUT2D eigenvalue weighted by Crippen LogP contribution is -2.39. The molecule has 0 saturated carbocycles. The van der Waals surface area contributed by atoms with E-state index in [0.717, 1.165) is 29.5 Å². The molecule has 0 atom stereocenters. The van der Waals surface area contributed by atoms with E-state index in [-0.39, 0.29) is 5.54 Å². The zero-order valence-corrected chi connectivity index (χ0v) is 12.5. The zero-order chi connectivity index (χ0) is 12.7. The lowest BCUT2D eigenvalue weighted by atomic mass is 10.0. The summed E-state index contributed by atoms with van der Waals surface area (Å²) >= 11 is 8.03. The van der Waals surface area contributed by atoms with Crippen molar-refractivity contribution in [1.82, 2.24) is 5.32 Å². The third-order valence-corrected chi connectivity index (χ3v) is 4.33. The first-order valence-corrected chi connectivity index (χ1v) is 7.64. The molecule has 0 amide bonds. The van der Waals surface area contributed by atoms with Gasteiger partial charge in [-0.05, 0) is 31.9 Å². The number of thioether (sulfide) groups is 1. The Morgan fingerprint density at radius 2 is 2.00 bits per heavy atom. The molecule has 0 radical (unpaired) electrons. The summed E-state index contributed by atoms with van der Waals surface area (Å²) in [5, 5.41) is 4.43. The van der Waals surface area contributed by atoms with E-state index in [2.05, 4.69) is 32.2 Å². The Bertz CT molecular complexity index is 339. The first-order valence-electron chi connectivity index (χ1n) is 6.11. The smallest absolute Gasteiger partial charge is 0.0446 e. The molecule has 1 aromatic rings. The second-order valence-electron chi connectivity index (χ2n) is 4.81. The van der Waals surface area contributed by atoms with Gasteiger partial charge in [-0.2, -0.15) is 11.8 Å². The summed E-state index contributed by atoms with van der Waals surface area (Å²) in [5.74, 6) is 2.11. The van der Waals surface area contributed by atoms with Gasteiger partial charge in [-0.1, -0.05) is 36.7 Å². The molecule has 0 fully saturated rings. The highest BCUT2D eigenvalue weighted by molar-refractivity contribution is 7.98. The highest BCUT2D eigenvalue weighted by atomic mass is 35.5. The van der Waals surface area contributed by atoms with Crippen molar-refractivity contribution in [2.24, 2.45) is 0 Å². The predicted octanol–water partition coefficient (Wildman–Crippen LogP) is 4.35. The van der Waals surface area contributed by atoms with E-state index in [9.17, 15) is 0 Å². The van der Waals surface area contributed by atoms with Gasteiger partial charge in [-0.15, -0.1) is 0 Å². The Kier molecular flexibility index (Phi) is 6.39. The van der Waals surface area contributed by atoms with Crippen LogP contribution in [0.15, 0.2) is 24.3 Å². The quantitative estimate of drug-likeness (QED) is 0.740. The van der Waals surface area contributed by atoms with Gasteiger partial charge >= 0.3 is 0 Å². The summed E-state index contributed by atoms with van der Waals surface area (Å²) in [6.07, 6.45) is 1.15. The minimum absolute atomic E-state index is 0.255. The maximum Gasteiger partial charge on any atom is 0.0446 e. The first-order chi connectivity index (χ1) is 8.05. The van der Waals surface area contributed by atoms with E-state index in [4.69, 9.17) is 11.6 Å². The maximum absolute atomic E-state index is 6.10. The van der Waals surface area contributed by atoms with Crippen molar-refractivity contribution < 1.29 is 0 Å². The molecule has 1 N–H and O–H groups in total. The number of hydrogen-bond acceptors (Lipinski definition) is 2. The second kappa shape index (κ2) is 7.30. The summed E-state index contributed by atoms with van der Waals surface area (Å²) in [5.41, 5.74) is 1.49. The normalized spacial score (nSPS) is 11.8. The Balaban J connectivity index is 2.19. The number of nitrogens with one attached hydrogen (secondary N) is 1. The summed E-state index contributed by atoms with van der Waals surface area (Å²) < 4.78 is 0. The number of rotatable bonds is 7. The molecule has 0 saturated heterocycles. The van der Waals surface area contributed by atoms with Gasteiger partial charge in [0, 0.05) is 28.6 Å². The Morgan fingerprint density at radius 3 is 2.65 bits per heavy atom. The minimum atomic E-state index is 0.255. The second-order valence-corrected chi connectivity index (χ2v) is 6.32. The van der Waals surface area contributed by atoms with E-state index in [0.29, 0.717) is 0 Å². The van der Waals surface area contributed by atoms with E-state index in [1.165, 1.54) is 5.56 Å². The lowest BCUT2D eigenvalue weighted by Gasteiger charge is -2.24. The van der Waals surface area contributed by atoms with Crippen LogP contribution >= 0.6 is 23.4 Å². The molecule has 0 spiro atoms. The van der Waals surface area contributed by atoms with Crippen molar-refractivity contribution in [3.63, 3.8) is 0 Å².